The first-order valence-corrected chi connectivity index (χ1v) is 13.8. The Bertz CT molecular complexity index is 1390. The lowest BCUT2D eigenvalue weighted by molar-refractivity contribution is -0.129. The molecule has 4 aromatic rings. The van der Waals surface area contributed by atoms with E-state index in [9.17, 15) is 9.59 Å². The summed E-state index contributed by atoms with van der Waals surface area (Å²) in [5.74, 6) is -0.206. The molecule has 176 valence electrons. The summed E-state index contributed by atoms with van der Waals surface area (Å²) >= 11 is 16.0. The molecule has 1 atom stereocenters. The minimum absolute atomic E-state index is 0.0226. The summed E-state index contributed by atoms with van der Waals surface area (Å²) in [6.07, 6.45) is 1.83. The predicted molar refractivity (Wildman–Crippen MR) is 147 cm³/mol. The summed E-state index contributed by atoms with van der Waals surface area (Å²) < 4.78 is 1.71. The van der Waals surface area contributed by atoms with Crippen LogP contribution in [0, 0.1) is 0 Å². The van der Waals surface area contributed by atoms with Gasteiger partial charge in [0, 0.05) is 10.0 Å². The Hall–Kier alpha value is -2.33. The fraction of sp³-hybridized carbons (Fsp3) is 0.0800. The van der Waals surface area contributed by atoms with Crippen molar-refractivity contribution in [2.24, 2.45) is 0 Å². The smallest absolute Gasteiger partial charge is 0.275 e. The molecule has 1 aliphatic heterocycles. The molecule has 1 amide bonds. The van der Waals surface area contributed by atoms with E-state index in [1.54, 1.807) is 24.3 Å². The van der Waals surface area contributed by atoms with Gasteiger partial charge in [-0.3, -0.25) is 14.6 Å². The maximum atomic E-state index is 13.3. The number of fused-ring (bicyclic) bond motifs is 1. The van der Waals surface area contributed by atoms with E-state index in [2.05, 4.69) is 10.4 Å². The van der Waals surface area contributed by atoms with E-state index < -0.39 is 0 Å². The number of hydrogen-bond donors (Lipinski definition) is 1. The second kappa shape index (κ2) is 10.7. The number of carbonyl (C=O) groups excluding carboxylic acids is 2. The number of para-hydroxylation sites is 1. The highest BCUT2D eigenvalue weighted by Crippen LogP contribution is 2.45. The third-order valence-electron chi connectivity index (χ3n) is 5.09. The molecule has 0 radical (unpaired) electrons. The van der Waals surface area contributed by atoms with Crippen molar-refractivity contribution in [3.05, 3.63) is 98.9 Å². The van der Waals surface area contributed by atoms with Crippen LogP contribution in [0.25, 0.3) is 16.3 Å². The summed E-state index contributed by atoms with van der Waals surface area (Å²) in [5, 5.41) is 2.27. The molecule has 1 fully saturated rings. The van der Waals surface area contributed by atoms with Crippen LogP contribution in [0.4, 0.5) is 0 Å². The number of hydrogen-bond acceptors (Lipinski definition) is 7. The highest BCUT2D eigenvalue weighted by atomic mass is 35.5. The molecule has 2 heterocycles. The molecule has 0 aliphatic carbocycles. The number of nitrogens with one attached hydrogen (secondary N) is 1. The Labute approximate surface area is 224 Å². The van der Waals surface area contributed by atoms with E-state index in [0.717, 1.165) is 33.1 Å². The summed E-state index contributed by atoms with van der Waals surface area (Å²) in [4.78, 5) is 31.1. The molecule has 1 aliphatic rings. The minimum Gasteiger partial charge on any atom is -0.285 e. The molecule has 1 saturated heterocycles. The Kier molecular flexibility index (Phi) is 7.48. The lowest BCUT2D eigenvalue weighted by Crippen LogP contribution is -2.42. The van der Waals surface area contributed by atoms with E-state index >= 15 is 0 Å². The van der Waals surface area contributed by atoms with Crippen LogP contribution in [0.3, 0.4) is 0 Å². The Morgan fingerprint density at radius 3 is 2.43 bits per heavy atom. The second-order valence-corrected chi connectivity index (χ2v) is 11.8. The van der Waals surface area contributed by atoms with Crippen LogP contribution in [-0.2, 0) is 9.59 Å². The van der Waals surface area contributed by atoms with Crippen LogP contribution in [0.2, 0.25) is 10.0 Å². The Balaban J connectivity index is 1.33. The van der Waals surface area contributed by atoms with Crippen LogP contribution < -0.4 is 5.43 Å². The SMILES string of the molecule is O=C(CNN1C(=O)/C(=C\c2ccc(Cl)cc2)SC1c1ccc(Cl)cc1)Sc1nc2ccccc2s1. The maximum Gasteiger partial charge on any atom is 0.275 e. The first kappa shape index (κ1) is 24.4. The highest BCUT2D eigenvalue weighted by Gasteiger charge is 2.37. The quantitative estimate of drug-likeness (QED) is 0.202. The number of thioether (sulfide) groups is 2. The normalized spacial score (nSPS) is 17.0. The van der Waals surface area contributed by atoms with Crippen LogP contribution in [0.15, 0.2) is 82.0 Å². The van der Waals surface area contributed by atoms with E-state index in [0.29, 0.717) is 19.3 Å². The van der Waals surface area contributed by atoms with Crippen molar-refractivity contribution in [1.82, 2.24) is 15.4 Å². The van der Waals surface area contributed by atoms with Crippen molar-refractivity contribution < 1.29 is 9.59 Å². The van der Waals surface area contributed by atoms with Gasteiger partial charge in [-0.05, 0) is 65.4 Å². The summed E-state index contributed by atoms with van der Waals surface area (Å²) in [5.41, 5.74) is 5.67. The average molecular weight is 559 g/mol. The minimum atomic E-state index is -0.349. The maximum absolute atomic E-state index is 13.3. The van der Waals surface area contributed by atoms with Crippen LogP contribution in [0.1, 0.15) is 16.5 Å². The Morgan fingerprint density at radius 1 is 1.03 bits per heavy atom. The van der Waals surface area contributed by atoms with Gasteiger partial charge in [0.05, 0.1) is 21.7 Å². The topological polar surface area (TPSA) is 62.3 Å². The molecular formula is C25H17Cl2N3O2S3. The molecule has 3 aromatic carbocycles. The van der Waals surface area contributed by atoms with Gasteiger partial charge in [-0.25, -0.2) is 10.4 Å². The van der Waals surface area contributed by atoms with Crippen molar-refractivity contribution in [2.75, 3.05) is 6.54 Å². The standard InChI is InChI=1S/C25H17Cl2N3O2S3/c26-17-9-5-15(6-10-17)13-21-23(32)30(24(33-21)16-7-11-18(27)12-8-16)28-14-22(31)35-25-29-19-3-1-2-4-20(19)34-25/h1-13,24,28H,14H2/b21-13+. The molecule has 1 unspecified atom stereocenters. The zero-order valence-electron chi connectivity index (χ0n) is 18.0. The van der Waals surface area contributed by atoms with E-state index in [1.165, 1.54) is 28.1 Å². The number of rotatable bonds is 6. The molecule has 1 N–H and O–H groups in total. The number of aromatic nitrogens is 1. The monoisotopic (exact) mass is 557 g/mol. The number of hydrazine groups is 1. The number of nitrogens with zero attached hydrogens (tertiary/aromatic N) is 2. The summed E-state index contributed by atoms with van der Waals surface area (Å²) in [6, 6.07) is 22.4. The van der Waals surface area contributed by atoms with Gasteiger partial charge in [0.25, 0.3) is 5.91 Å². The summed E-state index contributed by atoms with van der Waals surface area (Å²) in [7, 11) is 0. The van der Waals surface area contributed by atoms with E-state index in [-0.39, 0.29) is 22.9 Å². The Morgan fingerprint density at radius 2 is 1.71 bits per heavy atom. The number of carbonyl (C=O) groups is 2. The zero-order valence-corrected chi connectivity index (χ0v) is 21.9. The number of thiazole rings is 1. The molecular weight excluding hydrogens is 541 g/mol. The first-order chi connectivity index (χ1) is 17.0. The second-order valence-electron chi connectivity index (χ2n) is 7.51. The van der Waals surface area contributed by atoms with Gasteiger partial charge in [0.15, 0.2) is 4.34 Å². The lowest BCUT2D eigenvalue weighted by Gasteiger charge is -2.23. The van der Waals surface area contributed by atoms with Crippen LogP contribution >= 0.6 is 58.1 Å². The lowest BCUT2D eigenvalue weighted by atomic mass is 10.2. The fourth-order valence-corrected chi connectivity index (χ4v) is 6.78. The van der Waals surface area contributed by atoms with Gasteiger partial charge in [-0.1, -0.05) is 71.4 Å². The molecule has 1 aromatic heterocycles. The number of halogens is 2. The first-order valence-electron chi connectivity index (χ1n) is 10.5. The largest absolute Gasteiger partial charge is 0.285 e. The van der Waals surface area contributed by atoms with Crippen molar-refractivity contribution in [1.29, 1.82) is 0 Å². The molecule has 10 heteroatoms. The zero-order chi connectivity index (χ0) is 24.4. The van der Waals surface area contributed by atoms with Crippen molar-refractivity contribution in [3.8, 4) is 0 Å². The van der Waals surface area contributed by atoms with Gasteiger partial charge in [0.2, 0.25) is 5.12 Å². The van der Waals surface area contributed by atoms with E-state index in [4.69, 9.17) is 23.2 Å². The fourth-order valence-electron chi connectivity index (χ4n) is 3.43. The highest BCUT2D eigenvalue weighted by molar-refractivity contribution is 8.15. The molecule has 35 heavy (non-hydrogen) atoms. The third-order valence-corrected chi connectivity index (χ3v) is 8.82. The average Bonchev–Trinajstić information content (AvgIpc) is 3.40. The summed E-state index contributed by atoms with van der Waals surface area (Å²) in [6.45, 7) is -0.0226. The van der Waals surface area contributed by atoms with Gasteiger partial charge >= 0.3 is 0 Å². The van der Waals surface area contributed by atoms with Crippen molar-refractivity contribution >= 4 is 85.4 Å². The molecule has 0 bridgehead atoms. The van der Waals surface area contributed by atoms with Gasteiger partial charge < -0.3 is 0 Å². The van der Waals surface area contributed by atoms with Crippen LogP contribution in [-0.4, -0.2) is 27.6 Å². The number of amides is 1. The number of benzene rings is 3. The molecule has 5 nitrogen and oxygen atoms in total. The van der Waals surface area contributed by atoms with Crippen LogP contribution in [0.5, 0.6) is 0 Å². The molecule has 5 rings (SSSR count). The predicted octanol–water partition coefficient (Wildman–Crippen LogP) is 7.04. The van der Waals surface area contributed by atoms with Crippen molar-refractivity contribution in [3.63, 3.8) is 0 Å². The van der Waals surface area contributed by atoms with Crippen molar-refractivity contribution in [2.45, 2.75) is 9.71 Å². The van der Waals surface area contributed by atoms with Gasteiger partial charge in [0.1, 0.15) is 5.37 Å². The van der Waals surface area contributed by atoms with Gasteiger partial charge in [-0.15, -0.1) is 11.3 Å². The van der Waals surface area contributed by atoms with E-state index in [1.807, 2.05) is 54.6 Å². The molecule has 0 saturated carbocycles. The van der Waals surface area contributed by atoms with Gasteiger partial charge in [-0.2, -0.15) is 0 Å². The third kappa shape index (κ3) is 5.74. The molecule has 0 spiro atoms.